The van der Waals surface area contributed by atoms with E-state index in [2.05, 4.69) is 20.3 Å². The van der Waals surface area contributed by atoms with Crippen molar-refractivity contribution in [1.29, 1.82) is 0 Å². The summed E-state index contributed by atoms with van der Waals surface area (Å²) in [6.07, 6.45) is 1.19. The summed E-state index contributed by atoms with van der Waals surface area (Å²) >= 11 is 0. The van der Waals surface area contributed by atoms with Gasteiger partial charge in [-0.3, -0.25) is 4.79 Å². The molecule has 2 saturated carbocycles. The molecule has 22 heavy (non-hydrogen) atoms. The molecule has 9 heteroatoms. The lowest BCUT2D eigenvalue weighted by atomic mass is 9.98. The number of aliphatic hydroxyl groups is 2. The van der Waals surface area contributed by atoms with Gasteiger partial charge in [0.15, 0.2) is 11.5 Å². The third-order valence-electron chi connectivity index (χ3n) is 5.03. The number of hydrogen-bond acceptors (Lipinski definition) is 7. The smallest absolute Gasteiger partial charge is 0.229 e. The van der Waals surface area contributed by atoms with Gasteiger partial charge in [0.2, 0.25) is 5.91 Å². The lowest BCUT2D eigenvalue weighted by Crippen LogP contribution is -2.41. The predicted molar refractivity (Wildman–Crippen MR) is 75.4 cm³/mol. The third kappa shape index (κ3) is 1.39. The zero-order chi connectivity index (χ0) is 15.6. The van der Waals surface area contributed by atoms with E-state index in [1.807, 2.05) is 0 Å². The summed E-state index contributed by atoms with van der Waals surface area (Å²) in [5.74, 6) is -0.152. The molecule has 0 radical (unpaired) electrons. The highest BCUT2D eigenvalue weighted by Gasteiger charge is 2.75. The topological polar surface area (TPSA) is 139 Å². The van der Waals surface area contributed by atoms with Crippen LogP contribution in [0.25, 0.3) is 11.2 Å². The molecule has 0 spiro atoms. The number of rotatable bonds is 2. The average molecular weight is 304 g/mol. The van der Waals surface area contributed by atoms with Crippen LogP contribution in [0.5, 0.6) is 0 Å². The molecule has 116 valence electrons. The van der Waals surface area contributed by atoms with Crippen LogP contribution in [0.15, 0.2) is 12.7 Å². The van der Waals surface area contributed by atoms with Gasteiger partial charge in [-0.15, -0.1) is 0 Å². The molecule has 2 aromatic rings. The van der Waals surface area contributed by atoms with Crippen LogP contribution in [-0.2, 0) is 4.79 Å². The minimum absolute atomic E-state index is 0.161. The molecule has 2 heterocycles. The SMILES string of the molecule is CNC(=O)[C@@]12C[C@@H]1[C@@H](n1cnc3c(N)ncnc31)[C@@H](O)[C@H]2O. The zero-order valence-electron chi connectivity index (χ0n) is 11.8. The van der Waals surface area contributed by atoms with Crippen molar-refractivity contribution in [2.45, 2.75) is 24.7 Å². The zero-order valence-corrected chi connectivity index (χ0v) is 11.8. The predicted octanol–water partition coefficient (Wildman–Crippen LogP) is -1.56. The summed E-state index contributed by atoms with van der Waals surface area (Å²) in [6, 6.07) is -0.466. The molecule has 0 unspecified atom stereocenters. The first-order valence-corrected chi connectivity index (χ1v) is 7.03. The van der Waals surface area contributed by atoms with Crippen molar-refractivity contribution in [2.24, 2.45) is 11.3 Å². The molecular formula is C13H16N6O3. The second-order valence-corrected chi connectivity index (χ2v) is 5.94. The van der Waals surface area contributed by atoms with Crippen LogP contribution in [0.2, 0.25) is 0 Å². The minimum atomic E-state index is -1.11. The van der Waals surface area contributed by atoms with Crippen molar-refractivity contribution < 1.29 is 15.0 Å². The summed E-state index contributed by atoms with van der Waals surface area (Å²) in [4.78, 5) is 24.3. The van der Waals surface area contributed by atoms with Gasteiger partial charge in [0, 0.05) is 13.0 Å². The molecule has 2 aliphatic carbocycles. The number of carbonyl (C=O) groups is 1. The largest absolute Gasteiger partial charge is 0.389 e. The highest BCUT2D eigenvalue weighted by molar-refractivity contribution is 5.88. The van der Waals surface area contributed by atoms with E-state index in [1.54, 1.807) is 4.57 Å². The third-order valence-corrected chi connectivity index (χ3v) is 5.03. The van der Waals surface area contributed by atoms with Crippen molar-refractivity contribution in [3.05, 3.63) is 12.7 Å². The number of nitrogens with zero attached hydrogens (tertiary/aromatic N) is 4. The van der Waals surface area contributed by atoms with Gasteiger partial charge in [0.1, 0.15) is 17.9 Å². The van der Waals surface area contributed by atoms with E-state index < -0.39 is 23.7 Å². The Hall–Kier alpha value is -2.26. The Labute approximate surface area is 125 Å². The Morgan fingerprint density at radius 3 is 2.95 bits per heavy atom. The Kier molecular flexibility index (Phi) is 2.52. The molecule has 0 saturated heterocycles. The van der Waals surface area contributed by atoms with E-state index in [9.17, 15) is 15.0 Å². The summed E-state index contributed by atoms with van der Waals surface area (Å²) in [6.45, 7) is 0. The highest BCUT2D eigenvalue weighted by atomic mass is 16.3. The number of aromatic nitrogens is 4. The van der Waals surface area contributed by atoms with Crippen LogP contribution in [0.4, 0.5) is 5.82 Å². The standard InChI is InChI=1S/C13H16N6O3/c1-15-12(22)13-2-5(13)7(8(20)9(13)21)19-4-18-6-10(14)16-3-17-11(6)19/h3-5,7-9,20-21H,2H2,1H3,(H,15,22)(H2,14,16,17)/t5-,7-,8-,9-,13+/m1/s1. The molecule has 2 aliphatic rings. The maximum Gasteiger partial charge on any atom is 0.229 e. The molecule has 9 nitrogen and oxygen atoms in total. The number of carbonyl (C=O) groups excluding carboxylic acids is 1. The average Bonchev–Trinajstić information content (AvgIpc) is 3.04. The van der Waals surface area contributed by atoms with E-state index in [4.69, 9.17) is 5.73 Å². The van der Waals surface area contributed by atoms with Gasteiger partial charge in [-0.05, 0) is 6.42 Å². The lowest BCUT2D eigenvalue weighted by molar-refractivity contribution is -0.132. The Morgan fingerprint density at radius 2 is 2.23 bits per heavy atom. The van der Waals surface area contributed by atoms with Gasteiger partial charge in [-0.2, -0.15) is 0 Å². The van der Waals surface area contributed by atoms with E-state index >= 15 is 0 Å². The number of imidazole rings is 1. The summed E-state index contributed by atoms with van der Waals surface area (Å²) < 4.78 is 1.68. The molecule has 0 bridgehead atoms. The first kappa shape index (κ1) is 13.4. The van der Waals surface area contributed by atoms with E-state index in [0.717, 1.165) is 0 Å². The Balaban J connectivity index is 1.80. The highest BCUT2D eigenvalue weighted by Crippen LogP contribution is 2.67. The number of nitrogens with one attached hydrogen (secondary N) is 1. The number of amides is 1. The molecule has 4 rings (SSSR count). The molecule has 0 aromatic carbocycles. The van der Waals surface area contributed by atoms with Crippen LogP contribution in [0.3, 0.4) is 0 Å². The number of fused-ring (bicyclic) bond motifs is 2. The second-order valence-electron chi connectivity index (χ2n) is 5.94. The lowest BCUT2D eigenvalue weighted by Gasteiger charge is -2.23. The van der Waals surface area contributed by atoms with Gasteiger partial charge < -0.3 is 25.8 Å². The van der Waals surface area contributed by atoms with Crippen LogP contribution in [0, 0.1) is 11.3 Å². The van der Waals surface area contributed by atoms with Crippen LogP contribution >= 0.6 is 0 Å². The number of nitrogens with two attached hydrogens (primary N) is 1. The maximum absolute atomic E-state index is 12.1. The monoisotopic (exact) mass is 304 g/mol. The summed E-state index contributed by atoms with van der Waals surface area (Å²) in [5.41, 5.74) is 5.78. The molecule has 2 aromatic heterocycles. The molecule has 1 amide bonds. The quantitative estimate of drug-likeness (QED) is 0.526. The van der Waals surface area contributed by atoms with Gasteiger partial charge in [-0.1, -0.05) is 0 Å². The Bertz CT molecular complexity index is 776. The van der Waals surface area contributed by atoms with Crippen molar-refractivity contribution >= 4 is 22.9 Å². The molecular weight excluding hydrogens is 288 g/mol. The molecule has 0 aliphatic heterocycles. The van der Waals surface area contributed by atoms with Crippen LogP contribution in [0.1, 0.15) is 12.5 Å². The van der Waals surface area contributed by atoms with E-state index in [1.165, 1.54) is 19.7 Å². The number of nitrogen functional groups attached to an aromatic ring is 1. The summed E-state index contributed by atoms with van der Waals surface area (Å²) in [7, 11) is 1.53. The van der Waals surface area contributed by atoms with Crippen LogP contribution in [-0.4, -0.2) is 54.9 Å². The molecule has 5 atom stereocenters. The normalized spacial score (nSPS) is 36.3. The fraction of sp³-hybridized carbons (Fsp3) is 0.538. The number of aliphatic hydroxyl groups excluding tert-OH is 2. The maximum atomic E-state index is 12.1. The number of hydrogen-bond donors (Lipinski definition) is 4. The van der Waals surface area contributed by atoms with Gasteiger partial charge in [0.25, 0.3) is 0 Å². The van der Waals surface area contributed by atoms with Crippen LogP contribution < -0.4 is 11.1 Å². The first-order valence-electron chi connectivity index (χ1n) is 7.03. The Morgan fingerprint density at radius 1 is 1.45 bits per heavy atom. The van der Waals surface area contributed by atoms with Crippen molar-refractivity contribution in [2.75, 3.05) is 12.8 Å². The first-order chi connectivity index (χ1) is 10.5. The fourth-order valence-electron chi connectivity index (χ4n) is 3.87. The van der Waals surface area contributed by atoms with Crippen molar-refractivity contribution in [3.63, 3.8) is 0 Å². The molecule has 2 fully saturated rings. The van der Waals surface area contributed by atoms with Gasteiger partial charge in [0.05, 0.1) is 23.9 Å². The van der Waals surface area contributed by atoms with E-state index in [0.29, 0.717) is 17.6 Å². The van der Waals surface area contributed by atoms with Gasteiger partial charge in [-0.25, -0.2) is 15.0 Å². The molecule has 5 N–H and O–H groups in total. The minimum Gasteiger partial charge on any atom is -0.389 e. The fourth-order valence-corrected chi connectivity index (χ4v) is 3.87. The van der Waals surface area contributed by atoms with E-state index in [-0.39, 0.29) is 17.6 Å². The van der Waals surface area contributed by atoms with Crippen molar-refractivity contribution in [1.82, 2.24) is 24.8 Å². The van der Waals surface area contributed by atoms with Crippen molar-refractivity contribution in [3.8, 4) is 0 Å². The second kappa shape index (κ2) is 4.14. The van der Waals surface area contributed by atoms with Gasteiger partial charge >= 0.3 is 0 Å². The number of anilines is 1. The summed E-state index contributed by atoms with van der Waals surface area (Å²) in [5, 5.41) is 23.3.